The van der Waals surface area contributed by atoms with Gasteiger partial charge in [0.15, 0.2) is 0 Å². The zero-order valence-corrected chi connectivity index (χ0v) is 23.6. The summed E-state index contributed by atoms with van der Waals surface area (Å²) in [7, 11) is 1.59. The molecule has 0 saturated carbocycles. The maximum absolute atomic E-state index is 13.2. The number of nitrogens with zero attached hydrogens (tertiary/aromatic N) is 1. The highest BCUT2D eigenvalue weighted by Gasteiger charge is 2.21. The Bertz CT molecular complexity index is 1190. The molecule has 0 bridgehead atoms. The van der Waals surface area contributed by atoms with Gasteiger partial charge in [-0.25, -0.2) is 0 Å². The van der Waals surface area contributed by atoms with Crippen molar-refractivity contribution in [1.82, 2.24) is 10.6 Å². The molecule has 3 rings (SSSR count). The highest BCUT2D eigenvalue weighted by molar-refractivity contribution is 5.96. The van der Waals surface area contributed by atoms with Crippen LogP contribution in [0.25, 0.3) is 0 Å². The van der Waals surface area contributed by atoms with E-state index in [9.17, 15) is 14.4 Å². The van der Waals surface area contributed by atoms with Crippen LogP contribution in [0.1, 0.15) is 36.0 Å². The van der Waals surface area contributed by atoms with E-state index < -0.39 is 0 Å². The number of carbonyl (C=O) groups is 3. The van der Waals surface area contributed by atoms with E-state index in [1.165, 1.54) is 0 Å². The summed E-state index contributed by atoms with van der Waals surface area (Å²) in [5, 5.41) is 5.33. The van der Waals surface area contributed by atoms with E-state index >= 15 is 0 Å². The van der Waals surface area contributed by atoms with Gasteiger partial charge < -0.3 is 34.5 Å². The fourth-order valence-corrected chi connectivity index (χ4v) is 3.97. The zero-order valence-electron chi connectivity index (χ0n) is 23.6. The van der Waals surface area contributed by atoms with Gasteiger partial charge in [0.05, 0.1) is 65.1 Å². The minimum absolute atomic E-state index is 0.0514. The number of rotatable bonds is 18. The van der Waals surface area contributed by atoms with Crippen molar-refractivity contribution in [1.29, 1.82) is 0 Å². The van der Waals surface area contributed by atoms with E-state index in [4.69, 9.17) is 18.9 Å². The minimum Gasteiger partial charge on any atom is -0.379 e. The van der Waals surface area contributed by atoms with Crippen LogP contribution in [0.4, 0.5) is 5.69 Å². The zero-order chi connectivity index (χ0) is 29.1. The number of carbonyl (C=O) groups excluding carboxylic acids is 3. The topological polar surface area (TPSA) is 115 Å². The molecule has 10 heteroatoms. The molecular weight excluding hydrogens is 526 g/mol. The van der Waals surface area contributed by atoms with Crippen molar-refractivity contribution in [3.05, 3.63) is 65.2 Å². The van der Waals surface area contributed by atoms with Gasteiger partial charge in [0.25, 0.3) is 0 Å². The van der Waals surface area contributed by atoms with Crippen molar-refractivity contribution >= 4 is 23.4 Å². The van der Waals surface area contributed by atoms with Crippen LogP contribution in [0.2, 0.25) is 0 Å². The predicted octanol–water partition coefficient (Wildman–Crippen LogP) is 2.03. The van der Waals surface area contributed by atoms with Crippen LogP contribution in [-0.4, -0.2) is 84.2 Å². The number of benzene rings is 2. The van der Waals surface area contributed by atoms with Crippen molar-refractivity contribution in [3.8, 4) is 11.8 Å². The van der Waals surface area contributed by atoms with Crippen LogP contribution < -0.4 is 15.5 Å². The molecule has 1 heterocycles. The lowest BCUT2D eigenvalue weighted by Gasteiger charge is -2.26. The number of fused-ring (bicyclic) bond motifs is 2. The second kappa shape index (κ2) is 18.6. The number of para-hydroxylation sites is 1. The maximum Gasteiger partial charge on any atom is 0.227 e. The van der Waals surface area contributed by atoms with Crippen molar-refractivity contribution in [2.75, 3.05) is 71.3 Å². The Morgan fingerprint density at radius 2 is 1.29 bits per heavy atom. The predicted molar refractivity (Wildman–Crippen MR) is 154 cm³/mol. The van der Waals surface area contributed by atoms with Crippen LogP contribution in [0.3, 0.4) is 0 Å². The van der Waals surface area contributed by atoms with E-state index in [2.05, 4.69) is 22.5 Å². The third-order valence-electron chi connectivity index (χ3n) is 6.18. The van der Waals surface area contributed by atoms with Gasteiger partial charge in [-0.3, -0.25) is 14.4 Å². The lowest BCUT2D eigenvalue weighted by Crippen LogP contribution is -2.34. The van der Waals surface area contributed by atoms with Crippen molar-refractivity contribution in [2.24, 2.45) is 0 Å². The largest absolute Gasteiger partial charge is 0.379 e. The highest BCUT2D eigenvalue weighted by Crippen LogP contribution is 2.26. The molecule has 1 aliphatic rings. The van der Waals surface area contributed by atoms with Crippen molar-refractivity contribution in [2.45, 2.75) is 25.8 Å². The fourth-order valence-electron chi connectivity index (χ4n) is 3.97. The van der Waals surface area contributed by atoms with Crippen LogP contribution in [0.5, 0.6) is 0 Å². The molecule has 2 aromatic rings. The summed E-state index contributed by atoms with van der Waals surface area (Å²) in [6.07, 6.45) is 0.519. The first-order valence-corrected chi connectivity index (χ1v) is 13.9. The van der Waals surface area contributed by atoms with Gasteiger partial charge in [-0.15, -0.1) is 0 Å². The number of ether oxygens (including phenoxy) is 4. The minimum atomic E-state index is -0.200. The highest BCUT2D eigenvalue weighted by atomic mass is 16.6. The lowest BCUT2D eigenvalue weighted by molar-refractivity contribution is -0.125. The number of anilines is 1. The molecule has 2 aromatic carbocycles. The molecule has 0 aromatic heterocycles. The maximum atomic E-state index is 13.2. The molecule has 0 spiro atoms. The normalized spacial score (nSPS) is 11.8. The second-order valence-electron chi connectivity index (χ2n) is 9.13. The smallest absolute Gasteiger partial charge is 0.227 e. The molecule has 10 nitrogen and oxygen atoms in total. The van der Waals surface area contributed by atoms with Crippen molar-refractivity contribution in [3.63, 3.8) is 0 Å². The summed E-state index contributed by atoms with van der Waals surface area (Å²) in [6, 6.07) is 15.4. The summed E-state index contributed by atoms with van der Waals surface area (Å²) in [4.78, 5) is 38.3. The fraction of sp³-hybridized carbons (Fsp3) is 0.452. The molecular formula is C31H39N3O7. The van der Waals surface area contributed by atoms with Gasteiger partial charge >= 0.3 is 0 Å². The van der Waals surface area contributed by atoms with Crippen LogP contribution >= 0.6 is 0 Å². The Labute approximate surface area is 241 Å². The Kier molecular flexibility index (Phi) is 14.4. The SMILES string of the molecule is CNC(=O)CCOCCOCCOCCOCCNC(=O)CCC(=O)N1Cc2ccccc2C#Cc2ccccc21. The van der Waals surface area contributed by atoms with Crippen LogP contribution in [0.15, 0.2) is 48.5 Å². The van der Waals surface area contributed by atoms with E-state index in [1.807, 2.05) is 48.5 Å². The number of amides is 3. The molecule has 41 heavy (non-hydrogen) atoms. The van der Waals surface area contributed by atoms with Gasteiger partial charge in [-0.2, -0.15) is 0 Å². The molecule has 0 saturated heterocycles. The quantitative estimate of drug-likeness (QED) is 0.210. The summed E-state index contributed by atoms with van der Waals surface area (Å²) in [5.74, 6) is 6.00. The third-order valence-corrected chi connectivity index (χ3v) is 6.18. The second-order valence-corrected chi connectivity index (χ2v) is 9.13. The molecule has 1 aliphatic heterocycles. The molecule has 0 atom stereocenters. The summed E-state index contributed by atoms with van der Waals surface area (Å²) >= 11 is 0. The van der Waals surface area contributed by atoms with Gasteiger partial charge in [0.2, 0.25) is 17.7 Å². The summed E-state index contributed by atoms with van der Waals surface area (Å²) in [5.41, 5.74) is 3.41. The first-order valence-electron chi connectivity index (χ1n) is 13.9. The molecule has 0 fully saturated rings. The monoisotopic (exact) mass is 565 g/mol. The van der Waals surface area contributed by atoms with Crippen molar-refractivity contribution < 1.29 is 33.3 Å². The Morgan fingerprint density at radius 3 is 2.00 bits per heavy atom. The standard InChI is InChI=1S/C31H39N3O7/c1-32-29(35)14-16-38-18-20-40-22-23-41-21-19-39-17-15-33-30(36)12-13-31(37)34-24-27-8-3-2-6-25(27)10-11-26-7-4-5-9-28(26)34/h2-9H,12-24H2,1H3,(H,32,35)(H,33,36). The van der Waals surface area contributed by atoms with Crippen LogP contribution in [0, 0.1) is 11.8 Å². The van der Waals surface area contributed by atoms with E-state index in [-0.39, 0.29) is 30.6 Å². The third kappa shape index (κ3) is 11.7. The summed E-state index contributed by atoms with van der Waals surface area (Å²) < 4.78 is 21.6. The number of nitrogens with one attached hydrogen (secondary N) is 2. The molecule has 0 aliphatic carbocycles. The lowest BCUT2D eigenvalue weighted by atomic mass is 10.0. The molecule has 0 unspecified atom stereocenters. The van der Waals surface area contributed by atoms with Gasteiger partial charge in [0, 0.05) is 44.0 Å². The average Bonchev–Trinajstić information content (AvgIpc) is 2.98. The first kappa shape index (κ1) is 31.8. The Balaban J connectivity index is 1.23. The average molecular weight is 566 g/mol. The number of hydrogen-bond acceptors (Lipinski definition) is 7. The number of hydrogen-bond donors (Lipinski definition) is 2. The molecule has 0 radical (unpaired) electrons. The van der Waals surface area contributed by atoms with E-state index in [1.54, 1.807) is 11.9 Å². The van der Waals surface area contributed by atoms with E-state index in [0.29, 0.717) is 72.4 Å². The van der Waals surface area contributed by atoms with Crippen LogP contribution in [-0.2, 0) is 39.9 Å². The van der Waals surface area contributed by atoms with Gasteiger partial charge in [0.1, 0.15) is 0 Å². The van der Waals surface area contributed by atoms with Gasteiger partial charge in [-0.1, -0.05) is 42.2 Å². The molecule has 2 N–H and O–H groups in total. The molecule has 3 amide bonds. The first-order chi connectivity index (χ1) is 20.1. The summed E-state index contributed by atoms with van der Waals surface area (Å²) in [6.45, 7) is 4.03. The van der Waals surface area contributed by atoms with Gasteiger partial charge in [-0.05, 0) is 23.8 Å². The Morgan fingerprint density at radius 1 is 0.707 bits per heavy atom. The Hall–Kier alpha value is -3.75. The van der Waals surface area contributed by atoms with E-state index in [0.717, 1.165) is 22.4 Å². The molecule has 220 valence electrons.